The van der Waals surface area contributed by atoms with Crippen molar-refractivity contribution in [2.45, 2.75) is 39.2 Å². The largest absolute Gasteiger partial charge is 0.486 e. The topological polar surface area (TPSA) is 72.6 Å². The first-order chi connectivity index (χ1) is 9.92. The Kier molecular flexibility index (Phi) is 4.31. The lowest BCUT2D eigenvalue weighted by molar-refractivity contribution is 0.0685. The highest BCUT2D eigenvalue weighted by atomic mass is 16.5. The summed E-state index contributed by atoms with van der Waals surface area (Å²) in [5.41, 5.74) is 1.28. The molecule has 1 N–H and O–H groups in total. The summed E-state index contributed by atoms with van der Waals surface area (Å²) in [6, 6.07) is 9.25. The van der Waals surface area contributed by atoms with E-state index in [1.807, 2.05) is 24.3 Å². The molecule has 5 nitrogen and oxygen atoms in total. The average molecular weight is 289 g/mol. The van der Waals surface area contributed by atoms with Crippen molar-refractivity contribution in [1.82, 2.24) is 5.16 Å². The molecule has 1 heterocycles. The zero-order chi connectivity index (χ0) is 15.5. The third kappa shape index (κ3) is 3.62. The lowest BCUT2D eigenvalue weighted by Crippen LogP contribution is -2.15. The van der Waals surface area contributed by atoms with E-state index in [9.17, 15) is 4.79 Å². The zero-order valence-electron chi connectivity index (χ0n) is 12.4. The number of benzene rings is 1. The van der Waals surface area contributed by atoms with Gasteiger partial charge in [-0.25, -0.2) is 4.79 Å². The Morgan fingerprint density at radius 1 is 1.33 bits per heavy atom. The first kappa shape index (κ1) is 15.1. The Balaban J connectivity index is 1.99. The van der Waals surface area contributed by atoms with Crippen molar-refractivity contribution in [1.29, 1.82) is 0 Å². The molecule has 2 aromatic rings. The molecule has 0 saturated heterocycles. The third-order valence-corrected chi connectivity index (χ3v) is 3.68. The molecule has 2 rings (SSSR count). The van der Waals surface area contributed by atoms with Crippen LogP contribution in [0.15, 0.2) is 34.9 Å². The van der Waals surface area contributed by atoms with E-state index in [2.05, 4.69) is 25.9 Å². The maximum absolute atomic E-state index is 10.7. The van der Waals surface area contributed by atoms with Gasteiger partial charge in [-0.3, -0.25) is 0 Å². The van der Waals surface area contributed by atoms with Crippen molar-refractivity contribution in [3.63, 3.8) is 0 Å². The number of carboxylic acid groups (broad SMARTS) is 1. The maximum Gasteiger partial charge on any atom is 0.358 e. The summed E-state index contributed by atoms with van der Waals surface area (Å²) >= 11 is 0. The number of ether oxygens (including phenoxy) is 1. The van der Waals surface area contributed by atoms with Crippen molar-refractivity contribution in [2.24, 2.45) is 0 Å². The van der Waals surface area contributed by atoms with Gasteiger partial charge in [-0.15, -0.1) is 0 Å². The molecule has 1 aromatic heterocycles. The predicted molar refractivity (Wildman–Crippen MR) is 77.6 cm³/mol. The van der Waals surface area contributed by atoms with Crippen molar-refractivity contribution >= 4 is 5.97 Å². The molecule has 0 fully saturated rings. The van der Waals surface area contributed by atoms with Crippen LogP contribution in [-0.4, -0.2) is 16.2 Å². The fraction of sp³-hybridized carbons (Fsp3) is 0.375. The Morgan fingerprint density at radius 2 is 2.00 bits per heavy atom. The van der Waals surface area contributed by atoms with E-state index in [1.54, 1.807) is 0 Å². The minimum absolute atomic E-state index is 0.117. The van der Waals surface area contributed by atoms with E-state index in [4.69, 9.17) is 14.4 Å². The van der Waals surface area contributed by atoms with Gasteiger partial charge >= 0.3 is 5.97 Å². The molecule has 0 aliphatic rings. The molecule has 0 atom stereocenters. The summed E-state index contributed by atoms with van der Waals surface area (Å²) in [7, 11) is 0. The second kappa shape index (κ2) is 5.99. The lowest BCUT2D eigenvalue weighted by Gasteiger charge is -2.23. The number of aromatic carboxylic acids is 1. The highest BCUT2D eigenvalue weighted by molar-refractivity contribution is 5.85. The molecule has 0 spiro atoms. The van der Waals surface area contributed by atoms with Gasteiger partial charge in [0.15, 0.2) is 11.5 Å². The van der Waals surface area contributed by atoms with Gasteiger partial charge in [0.2, 0.25) is 0 Å². The molecule has 5 heteroatoms. The standard InChI is InChI=1S/C16H19NO4/c1-4-16(2,3)11-5-7-12(8-6-11)20-10-13-9-14(15(18)19)17-21-13/h5-9H,4,10H2,1-3H3,(H,18,19). The Morgan fingerprint density at radius 3 is 2.52 bits per heavy atom. The molecule has 0 aliphatic heterocycles. The zero-order valence-corrected chi connectivity index (χ0v) is 12.4. The smallest absolute Gasteiger partial charge is 0.358 e. The number of nitrogens with zero attached hydrogens (tertiary/aromatic N) is 1. The molecule has 0 aliphatic carbocycles. The van der Waals surface area contributed by atoms with Crippen molar-refractivity contribution < 1.29 is 19.2 Å². The quantitative estimate of drug-likeness (QED) is 0.879. The van der Waals surface area contributed by atoms with E-state index in [0.717, 1.165) is 6.42 Å². The van der Waals surface area contributed by atoms with Gasteiger partial charge < -0.3 is 14.4 Å². The molecule has 0 amide bonds. The van der Waals surface area contributed by atoms with Gasteiger partial charge in [0.05, 0.1) is 0 Å². The number of hydrogen-bond donors (Lipinski definition) is 1. The molecule has 0 unspecified atom stereocenters. The Labute approximate surface area is 123 Å². The van der Waals surface area contributed by atoms with Crippen LogP contribution in [0.25, 0.3) is 0 Å². The molecule has 0 radical (unpaired) electrons. The van der Waals surface area contributed by atoms with Gasteiger partial charge in [-0.1, -0.05) is 38.1 Å². The second-order valence-electron chi connectivity index (χ2n) is 5.53. The monoisotopic (exact) mass is 289 g/mol. The first-order valence-electron chi connectivity index (χ1n) is 6.84. The Bertz CT molecular complexity index is 613. The lowest BCUT2D eigenvalue weighted by atomic mass is 9.82. The van der Waals surface area contributed by atoms with Crippen LogP contribution in [0.1, 0.15) is 49.0 Å². The van der Waals surface area contributed by atoms with Gasteiger partial charge in [0, 0.05) is 6.07 Å². The fourth-order valence-electron chi connectivity index (χ4n) is 1.84. The average Bonchev–Trinajstić information content (AvgIpc) is 2.95. The Hall–Kier alpha value is -2.30. The molecule has 0 bridgehead atoms. The summed E-state index contributed by atoms with van der Waals surface area (Å²) < 4.78 is 10.4. The summed E-state index contributed by atoms with van der Waals surface area (Å²) in [4.78, 5) is 10.7. The normalized spacial score (nSPS) is 11.4. The summed E-state index contributed by atoms with van der Waals surface area (Å²) in [6.07, 6.45) is 1.06. The van der Waals surface area contributed by atoms with Gasteiger partial charge in [-0.2, -0.15) is 0 Å². The van der Waals surface area contributed by atoms with Crippen LogP contribution in [0, 0.1) is 0 Å². The van der Waals surface area contributed by atoms with Crippen molar-refractivity contribution in [2.75, 3.05) is 0 Å². The summed E-state index contributed by atoms with van der Waals surface area (Å²) in [5.74, 6) is -0.0274. The SMILES string of the molecule is CCC(C)(C)c1ccc(OCc2cc(C(=O)O)no2)cc1. The predicted octanol–water partition coefficient (Wildman–Crippen LogP) is 3.64. The first-order valence-corrected chi connectivity index (χ1v) is 6.84. The summed E-state index contributed by atoms with van der Waals surface area (Å²) in [6.45, 7) is 6.71. The van der Waals surface area contributed by atoms with Crippen LogP contribution < -0.4 is 4.74 Å². The molecule has 21 heavy (non-hydrogen) atoms. The van der Waals surface area contributed by atoms with Gasteiger partial charge in [0.1, 0.15) is 12.4 Å². The van der Waals surface area contributed by atoms with Crippen molar-refractivity contribution in [3.05, 3.63) is 47.3 Å². The van der Waals surface area contributed by atoms with Gasteiger partial charge in [-0.05, 0) is 29.5 Å². The van der Waals surface area contributed by atoms with E-state index >= 15 is 0 Å². The molecule has 0 saturated carbocycles. The van der Waals surface area contributed by atoms with Crippen LogP contribution in [0.5, 0.6) is 5.75 Å². The fourth-order valence-corrected chi connectivity index (χ4v) is 1.84. The molecule has 112 valence electrons. The molecular formula is C16H19NO4. The van der Waals surface area contributed by atoms with E-state index < -0.39 is 5.97 Å². The van der Waals surface area contributed by atoms with Crippen LogP contribution in [0.2, 0.25) is 0 Å². The van der Waals surface area contributed by atoms with E-state index in [0.29, 0.717) is 11.5 Å². The number of carbonyl (C=O) groups is 1. The number of rotatable bonds is 6. The van der Waals surface area contributed by atoms with E-state index in [-0.39, 0.29) is 17.7 Å². The van der Waals surface area contributed by atoms with Crippen LogP contribution in [-0.2, 0) is 12.0 Å². The number of aromatic nitrogens is 1. The number of carboxylic acids is 1. The van der Waals surface area contributed by atoms with E-state index in [1.165, 1.54) is 11.6 Å². The highest BCUT2D eigenvalue weighted by Crippen LogP contribution is 2.28. The van der Waals surface area contributed by atoms with Crippen LogP contribution >= 0.6 is 0 Å². The second-order valence-corrected chi connectivity index (χ2v) is 5.53. The van der Waals surface area contributed by atoms with Gasteiger partial charge in [0.25, 0.3) is 0 Å². The minimum Gasteiger partial charge on any atom is -0.486 e. The third-order valence-electron chi connectivity index (χ3n) is 3.68. The molecular weight excluding hydrogens is 270 g/mol. The summed E-state index contributed by atoms with van der Waals surface area (Å²) in [5, 5.41) is 12.2. The highest BCUT2D eigenvalue weighted by Gasteiger charge is 2.17. The maximum atomic E-state index is 10.7. The van der Waals surface area contributed by atoms with Crippen LogP contribution in [0.4, 0.5) is 0 Å². The van der Waals surface area contributed by atoms with Crippen molar-refractivity contribution in [3.8, 4) is 5.75 Å². The number of hydrogen-bond acceptors (Lipinski definition) is 4. The molecule has 1 aromatic carbocycles. The van der Waals surface area contributed by atoms with Crippen LogP contribution in [0.3, 0.4) is 0 Å². The minimum atomic E-state index is -1.11.